The molecule has 2 aromatic heterocycles. The second-order valence-electron chi connectivity index (χ2n) is 5.64. The van der Waals surface area contributed by atoms with Crippen molar-refractivity contribution in [3.05, 3.63) is 58.5 Å². The van der Waals surface area contributed by atoms with Gasteiger partial charge in [0.05, 0.1) is 28.2 Å². The Labute approximate surface area is 150 Å². The molecule has 1 aromatic carbocycles. The smallest absolute Gasteiger partial charge is 0.360 e. The maximum absolute atomic E-state index is 12.1. The van der Waals surface area contributed by atoms with E-state index in [0.29, 0.717) is 29.1 Å². The predicted octanol–water partition coefficient (Wildman–Crippen LogP) is 4.18. The van der Waals surface area contributed by atoms with E-state index in [1.54, 1.807) is 13.1 Å². The third-order valence-electron chi connectivity index (χ3n) is 4.01. The molecule has 0 fully saturated rings. The highest BCUT2D eigenvalue weighted by molar-refractivity contribution is 6.36. The molecule has 3 aromatic rings. The molecule has 0 aliphatic carbocycles. The average molecular weight is 359 g/mol. The van der Waals surface area contributed by atoms with Gasteiger partial charge in [-0.1, -0.05) is 48.9 Å². The monoisotopic (exact) mass is 358 g/mol. The van der Waals surface area contributed by atoms with E-state index >= 15 is 0 Å². The summed E-state index contributed by atoms with van der Waals surface area (Å²) in [6.07, 6.45) is 2.35. The van der Waals surface area contributed by atoms with Crippen LogP contribution in [0.3, 0.4) is 0 Å². The van der Waals surface area contributed by atoms with Crippen LogP contribution < -0.4 is 0 Å². The number of pyridine rings is 1. The predicted molar refractivity (Wildman–Crippen MR) is 97.3 cm³/mol. The van der Waals surface area contributed by atoms with E-state index in [1.165, 1.54) is 0 Å². The van der Waals surface area contributed by atoms with Crippen molar-refractivity contribution >= 4 is 28.5 Å². The summed E-state index contributed by atoms with van der Waals surface area (Å²) in [4.78, 5) is 16.4. The molecule has 6 heteroatoms. The van der Waals surface area contributed by atoms with Crippen molar-refractivity contribution in [1.82, 2.24) is 9.55 Å². The van der Waals surface area contributed by atoms with Crippen molar-refractivity contribution in [2.45, 2.75) is 26.8 Å². The van der Waals surface area contributed by atoms with Crippen LogP contribution in [0.25, 0.3) is 10.9 Å². The Bertz CT molecular complexity index is 920. The summed E-state index contributed by atoms with van der Waals surface area (Å²) < 4.78 is 6.94. The number of benzene rings is 1. The highest BCUT2D eigenvalue weighted by Crippen LogP contribution is 2.37. The zero-order valence-corrected chi connectivity index (χ0v) is 14.9. The molecule has 25 heavy (non-hydrogen) atoms. The molecule has 3 rings (SSSR count). The van der Waals surface area contributed by atoms with Gasteiger partial charge in [0.15, 0.2) is 11.4 Å². The molecule has 0 aliphatic rings. The van der Waals surface area contributed by atoms with Crippen LogP contribution in [0.4, 0.5) is 0 Å². The van der Waals surface area contributed by atoms with Crippen LogP contribution >= 0.6 is 11.6 Å². The molecular weight excluding hydrogens is 340 g/mol. The quantitative estimate of drug-likeness (QED) is 0.695. The lowest BCUT2D eigenvalue weighted by Crippen LogP contribution is -2.10. The first kappa shape index (κ1) is 17.3. The molecule has 1 N–H and O–H groups in total. The van der Waals surface area contributed by atoms with Crippen molar-refractivity contribution in [2.75, 3.05) is 6.61 Å². The first-order valence-electron chi connectivity index (χ1n) is 8.18. The largest absolute Gasteiger partial charge is 0.505 e. The summed E-state index contributed by atoms with van der Waals surface area (Å²) >= 11 is 6.37. The maximum Gasteiger partial charge on any atom is 0.360 e. The lowest BCUT2D eigenvalue weighted by Gasteiger charge is -2.11. The van der Waals surface area contributed by atoms with Gasteiger partial charge in [-0.15, -0.1) is 0 Å². The molecule has 0 saturated heterocycles. The first-order chi connectivity index (χ1) is 12.1. The van der Waals surface area contributed by atoms with E-state index in [2.05, 4.69) is 4.98 Å². The summed E-state index contributed by atoms with van der Waals surface area (Å²) in [7, 11) is 0. The first-order valence-corrected chi connectivity index (χ1v) is 8.55. The van der Waals surface area contributed by atoms with Gasteiger partial charge >= 0.3 is 5.97 Å². The van der Waals surface area contributed by atoms with Crippen LogP contribution in [0.1, 0.15) is 35.6 Å². The van der Waals surface area contributed by atoms with E-state index in [4.69, 9.17) is 16.3 Å². The average Bonchev–Trinajstić information content (AvgIpc) is 2.93. The Morgan fingerprint density at radius 1 is 1.28 bits per heavy atom. The van der Waals surface area contributed by atoms with Crippen molar-refractivity contribution in [3.63, 3.8) is 0 Å². The molecule has 0 bridgehead atoms. The van der Waals surface area contributed by atoms with Crippen LogP contribution in [0.5, 0.6) is 5.75 Å². The summed E-state index contributed by atoms with van der Waals surface area (Å²) in [6.45, 7) is 4.46. The van der Waals surface area contributed by atoms with Gasteiger partial charge in [-0.05, 0) is 18.9 Å². The number of carbonyl (C=O) groups is 1. The zero-order valence-electron chi connectivity index (χ0n) is 14.1. The number of aryl methyl sites for hydroxylation is 1. The van der Waals surface area contributed by atoms with Crippen LogP contribution in [0.2, 0.25) is 5.02 Å². The number of nitrogens with zero attached hydrogens (tertiary/aromatic N) is 2. The summed E-state index contributed by atoms with van der Waals surface area (Å²) in [6, 6.07) is 9.94. The molecule has 0 unspecified atom stereocenters. The van der Waals surface area contributed by atoms with Crippen LogP contribution in [-0.2, 0) is 17.7 Å². The van der Waals surface area contributed by atoms with Gasteiger partial charge in [0.2, 0.25) is 0 Å². The minimum absolute atomic E-state index is 0.0921. The fraction of sp³-hybridized carbons (Fsp3) is 0.263. The highest BCUT2D eigenvalue weighted by atomic mass is 35.5. The second kappa shape index (κ2) is 7.15. The molecule has 2 heterocycles. The molecule has 0 atom stereocenters. The molecule has 0 spiro atoms. The van der Waals surface area contributed by atoms with E-state index in [0.717, 1.165) is 11.1 Å². The zero-order chi connectivity index (χ0) is 18.0. The molecule has 0 aliphatic heterocycles. The van der Waals surface area contributed by atoms with Crippen molar-refractivity contribution in [1.29, 1.82) is 0 Å². The third-order valence-corrected chi connectivity index (χ3v) is 4.30. The summed E-state index contributed by atoms with van der Waals surface area (Å²) in [5.74, 6) is -0.883. The number of hydrogen-bond donors (Lipinski definition) is 1. The number of halogens is 1. The van der Waals surface area contributed by atoms with E-state index < -0.39 is 5.97 Å². The Morgan fingerprint density at radius 3 is 2.64 bits per heavy atom. The van der Waals surface area contributed by atoms with Gasteiger partial charge in [-0.2, -0.15) is 0 Å². The van der Waals surface area contributed by atoms with Gasteiger partial charge in [0.1, 0.15) is 0 Å². The second-order valence-corrected chi connectivity index (χ2v) is 6.05. The molecule has 0 saturated carbocycles. The van der Waals surface area contributed by atoms with Gasteiger partial charge in [0, 0.05) is 12.7 Å². The molecule has 130 valence electrons. The standard InChI is InChI=1S/C19H19ClN2O3/c1-3-14-17-15(18(23)16(21-14)19(24)25-4-2)13(20)11-22(17)10-12-8-6-5-7-9-12/h5-9,11,23H,3-4,10H2,1-2H3. The molecular formula is C19H19ClN2O3. The van der Waals surface area contributed by atoms with Gasteiger partial charge < -0.3 is 14.4 Å². The highest BCUT2D eigenvalue weighted by Gasteiger charge is 2.24. The number of ether oxygens (including phenoxy) is 1. The summed E-state index contributed by atoms with van der Waals surface area (Å²) in [5.41, 5.74) is 2.44. The number of carbonyl (C=O) groups excluding carboxylic acids is 1. The van der Waals surface area contributed by atoms with Crippen LogP contribution in [-0.4, -0.2) is 27.2 Å². The number of aromatic nitrogens is 2. The van der Waals surface area contributed by atoms with Crippen molar-refractivity contribution < 1.29 is 14.6 Å². The van der Waals surface area contributed by atoms with E-state index in [-0.39, 0.29) is 18.1 Å². The number of hydrogen-bond acceptors (Lipinski definition) is 4. The van der Waals surface area contributed by atoms with E-state index in [9.17, 15) is 9.90 Å². The number of esters is 1. The lowest BCUT2D eigenvalue weighted by atomic mass is 10.1. The van der Waals surface area contributed by atoms with Crippen molar-refractivity contribution in [2.24, 2.45) is 0 Å². The Kier molecular flexibility index (Phi) is 4.95. The van der Waals surface area contributed by atoms with E-state index in [1.807, 2.05) is 41.8 Å². The van der Waals surface area contributed by atoms with Crippen LogP contribution in [0, 0.1) is 0 Å². The number of aromatic hydroxyl groups is 1. The molecule has 0 amide bonds. The SMILES string of the molecule is CCOC(=O)c1nc(CC)c2c(c(Cl)cn2Cc2ccccc2)c1O. The van der Waals surface area contributed by atoms with Gasteiger partial charge in [0.25, 0.3) is 0 Å². The summed E-state index contributed by atoms with van der Waals surface area (Å²) in [5, 5.41) is 11.4. The number of rotatable bonds is 5. The Hall–Kier alpha value is -2.53. The van der Waals surface area contributed by atoms with Crippen molar-refractivity contribution in [3.8, 4) is 5.75 Å². The van der Waals surface area contributed by atoms with Gasteiger partial charge in [-0.25, -0.2) is 9.78 Å². The molecule has 5 nitrogen and oxygen atoms in total. The number of fused-ring (bicyclic) bond motifs is 1. The minimum atomic E-state index is -0.650. The third kappa shape index (κ3) is 3.20. The lowest BCUT2D eigenvalue weighted by molar-refractivity contribution is 0.0516. The normalized spacial score (nSPS) is 11.0. The molecule has 0 radical (unpaired) electrons. The minimum Gasteiger partial charge on any atom is -0.505 e. The van der Waals surface area contributed by atoms with Crippen LogP contribution in [0.15, 0.2) is 36.5 Å². The van der Waals surface area contributed by atoms with Gasteiger partial charge in [-0.3, -0.25) is 0 Å². The Balaban J connectivity index is 2.19. The fourth-order valence-electron chi connectivity index (χ4n) is 2.91. The topological polar surface area (TPSA) is 64.3 Å². The maximum atomic E-state index is 12.1. The Morgan fingerprint density at radius 2 is 2.00 bits per heavy atom. The fourth-order valence-corrected chi connectivity index (χ4v) is 3.21.